The molecule has 5 nitrogen and oxygen atoms in total. The van der Waals surface area contributed by atoms with E-state index >= 15 is 0 Å². The molecule has 0 saturated carbocycles. The van der Waals surface area contributed by atoms with Crippen molar-refractivity contribution in [2.45, 2.75) is 13.3 Å². The van der Waals surface area contributed by atoms with Crippen molar-refractivity contribution >= 4 is 18.3 Å². The number of halogens is 1. The van der Waals surface area contributed by atoms with Crippen LogP contribution in [0.2, 0.25) is 0 Å². The van der Waals surface area contributed by atoms with Crippen molar-refractivity contribution in [3.05, 3.63) is 18.0 Å². The normalized spacial score (nSPS) is 9.62. The molecular formula is C10H19ClN4O. The molecule has 1 aromatic heterocycles. The minimum absolute atomic E-state index is 0. The van der Waals surface area contributed by atoms with Crippen molar-refractivity contribution < 1.29 is 4.79 Å². The summed E-state index contributed by atoms with van der Waals surface area (Å²) >= 11 is 0. The third kappa shape index (κ3) is 4.63. The Morgan fingerprint density at radius 1 is 1.44 bits per heavy atom. The summed E-state index contributed by atoms with van der Waals surface area (Å²) in [5.74, 6) is -0.0756. The first kappa shape index (κ1) is 14.9. The first-order valence-electron chi connectivity index (χ1n) is 5.22. The number of hydrogen-bond acceptors (Lipinski definition) is 3. The van der Waals surface area contributed by atoms with Crippen LogP contribution >= 0.6 is 12.4 Å². The van der Waals surface area contributed by atoms with Gasteiger partial charge in [0.1, 0.15) is 5.69 Å². The lowest BCUT2D eigenvalue weighted by Gasteiger charge is -2.05. The van der Waals surface area contributed by atoms with Crippen LogP contribution in [0, 0.1) is 0 Å². The van der Waals surface area contributed by atoms with E-state index in [1.54, 1.807) is 24.0 Å². The van der Waals surface area contributed by atoms with Gasteiger partial charge in [0.15, 0.2) is 0 Å². The summed E-state index contributed by atoms with van der Waals surface area (Å²) in [6.07, 6.45) is 2.72. The Labute approximate surface area is 102 Å². The molecule has 16 heavy (non-hydrogen) atoms. The third-order valence-corrected chi connectivity index (χ3v) is 2.07. The molecule has 0 aromatic carbocycles. The fourth-order valence-corrected chi connectivity index (χ4v) is 1.25. The van der Waals surface area contributed by atoms with E-state index in [0.717, 1.165) is 19.5 Å². The number of amides is 1. The van der Waals surface area contributed by atoms with E-state index in [2.05, 4.69) is 22.7 Å². The van der Waals surface area contributed by atoms with Gasteiger partial charge in [0, 0.05) is 26.3 Å². The molecule has 1 amide bonds. The summed E-state index contributed by atoms with van der Waals surface area (Å²) in [6.45, 7) is 4.55. The number of nitrogens with zero attached hydrogens (tertiary/aromatic N) is 2. The molecule has 1 rings (SSSR count). The van der Waals surface area contributed by atoms with Crippen LogP contribution in [0.5, 0.6) is 0 Å². The van der Waals surface area contributed by atoms with Crippen LogP contribution in [0.3, 0.4) is 0 Å². The predicted molar refractivity (Wildman–Crippen MR) is 65.9 cm³/mol. The minimum Gasteiger partial charge on any atom is -0.349 e. The van der Waals surface area contributed by atoms with E-state index < -0.39 is 0 Å². The standard InChI is InChI=1S/C10H18N4O.ClH/c1-3-5-11-7-8-12-10(15)9-4-6-13-14(9)2;/h4,6,11H,3,5,7-8H2,1-2H3,(H,12,15);1H. The molecule has 0 aliphatic carbocycles. The van der Waals surface area contributed by atoms with Crippen molar-refractivity contribution in [3.8, 4) is 0 Å². The molecule has 6 heteroatoms. The first-order chi connectivity index (χ1) is 7.25. The van der Waals surface area contributed by atoms with Crippen LogP contribution < -0.4 is 10.6 Å². The first-order valence-corrected chi connectivity index (χ1v) is 5.22. The maximum absolute atomic E-state index is 11.6. The number of rotatable bonds is 6. The third-order valence-electron chi connectivity index (χ3n) is 2.07. The van der Waals surface area contributed by atoms with Gasteiger partial charge >= 0.3 is 0 Å². The zero-order valence-corrected chi connectivity index (χ0v) is 10.5. The van der Waals surface area contributed by atoms with Gasteiger partial charge in [0.25, 0.3) is 5.91 Å². The topological polar surface area (TPSA) is 58.9 Å². The van der Waals surface area contributed by atoms with E-state index in [1.165, 1.54) is 0 Å². The predicted octanol–water partition coefficient (Wildman–Crippen LogP) is 0.571. The number of carbonyl (C=O) groups is 1. The van der Waals surface area contributed by atoms with Crippen molar-refractivity contribution in [2.75, 3.05) is 19.6 Å². The Kier molecular flexibility index (Phi) is 7.58. The zero-order valence-electron chi connectivity index (χ0n) is 9.69. The lowest BCUT2D eigenvalue weighted by Crippen LogP contribution is -2.33. The van der Waals surface area contributed by atoms with Gasteiger partial charge in [-0.2, -0.15) is 5.10 Å². The van der Waals surface area contributed by atoms with E-state index in [0.29, 0.717) is 12.2 Å². The minimum atomic E-state index is -0.0756. The van der Waals surface area contributed by atoms with Crippen LogP contribution in [0.25, 0.3) is 0 Å². The maximum atomic E-state index is 11.6. The van der Waals surface area contributed by atoms with Gasteiger partial charge in [-0.3, -0.25) is 9.48 Å². The van der Waals surface area contributed by atoms with E-state index in [4.69, 9.17) is 0 Å². The van der Waals surface area contributed by atoms with Gasteiger partial charge in [-0.25, -0.2) is 0 Å². The molecule has 0 aliphatic rings. The molecule has 0 fully saturated rings. The molecule has 0 saturated heterocycles. The highest BCUT2D eigenvalue weighted by atomic mass is 35.5. The average Bonchev–Trinajstić information content (AvgIpc) is 2.64. The molecule has 0 aliphatic heterocycles. The summed E-state index contributed by atoms with van der Waals surface area (Å²) in [5, 5.41) is 9.97. The van der Waals surface area contributed by atoms with Gasteiger partial charge in [-0.05, 0) is 19.0 Å². The highest BCUT2D eigenvalue weighted by Crippen LogP contribution is 1.94. The van der Waals surface area contributed by atoms with E-state index in [1.807, 2.05) is 0 Å². The Bertz CT molecular complexity index is 314. The Morgan fingerprint density at radius 2 is 2.19 bits per heavy atom. The monoisotopic (exact) mass is 246 g/mol. The van der Waals surface area contributed by atoms with Crippen molar-refractivity contribution in [3.63, 3.8) is 0 Å². The SMILES string of the molecule is CCCNCCNC(=O)c1ccnn1C.Cl. The Hall–Kier alpha value is -1.07. The summed E-state index contributed by atoms with van der Waals surface area (Å²) in [4.78, 5) is 11.6. The van der Waals surface area contributed by atoms with Crippen LogP contribution in [0.15, 0.2) is 12.3 Å². The molecule has 92 valence electrons. The molecule has 0 unspecified atom stereocenters. The molecule has 1 aromatic rings. The quantitative estimate of drug-likeness (QED) is 0.722. The van der Waals surface area contributed by atoms with E-state index in [-0.39, 0.29) is 18.3 Å². The molecule has 1 heterocycles. The molecule has 0 bridgehead atoms. The van der Waals surface area contributed by atoms with Gasteiger partial charge < -0.3 is 10.6 Å². The summed E-state index contributed by atoms with van der Waals surface area (Å²) in [7, 11) is 1.75. The fraction of sp³-hybridized carbons (Fsp3) is 0.600. The van der Waals surface area contributed by atoms with Crippen LogP contribution in [-0.2, 0) is 7.05 Å². The van der Waals surface area contributed by atoms with Crippen LogP contribution in [0.1, 0.15) is 23.8 Å². The maximum Gasteiger partial charge on any atom is 0.269 e. The highest BCUT2D eigenvalue weighted by Gasteiger charge is 2.07. The molecular weight excluding hydrogens is 228 g/mol. The van der Waals surface area contributed by atoms with Crippen LogP contribution in [0.4, 0.5) is 0 Å². The number of aromatic nitrogens is 2. The molecule has 0 atom stereocenters. The summed E-state index contributed by atoms with van der Waals surface area (Å²) in [5.41, 5.74) is 0.588. The van der Waals surface area contributed by atoms with E-state index in [9.17, 15) is 4.79 Å². The lowest BCUT2D eigenvalue weighted by molar-refractivity contribution is 0.0944. The average molecular weight is 247 g/mol. The second-order valence-corrected chi connectivity index (χ2v) is 3.35. The number of aryl methyl sites for hydroxylation is 1. The number of hydrogen-bond donors (Lipinski definition) is 2. The highest BCUT2D eigenvalue weighted by molar-refractivity contribution is 5.92. The molecule has 2 N–H and O–H groups in total. The second kappa shape index (κ2) is 8.13. The lowest BCUT2D eigenvalue weighted by atomic mass is 10.4. The molecule has 0 spiro atoms. The van der Waals surface area contributed by atoms with Crippen molar-refractivity contribution in [2.24, 2.45) is 7.05 Å². The smallest absolute Gasteiger partial charge is 0.269 e. The van der Waals surface area contributed by atoms with Crippen LogP contribution in [-0.4, -0.2) is 35.3 Å². The largest absolute Gasteiger partial charge is 0.349 e. The zero-order chi connectivity index (χ0) is 11.1. The van der Waals surface area contributed by atoms with Gasteiger partial charge in [-0.1, -0.05) is 6.92 Å². The van der Waals surface area contributed by atoms with Crippen molar-refractivity contribution in [1.82, 2.24) is 20.4 Å². The molecule has 0 radical (unpaired) electrons. The summed E-state index contributed by atoms with van der Waals surface area (Å²) in [6, 6.07) is 1.70. The summed E-state index contributed by atoms with van der Waals surface area (Å²) < 4.78 is 1.56. The van der Waals surface area contributed by atoms with Crippen molar-refractivity contribution in [1.29, 1.82) is 0 Å². The van der Waals surface area contributed by atoms with Gasteiger partial charge in [0.05, 0.1) is 0 Å². The number of nitrogens with one attached hydrogen (secondary N) is 2. The Balaban J connectivity index is 0.00000225. The van der Waals surface area contributed by atoms with Gasteiger partial charge in [-0.15, -0.1) is 12.4 Å². The van der Waals surface area contributed by atoms with Gasteiger partial charge in [0.2, 0.25) is 0 Å². The number of carbonyl (C=O) groups excluding carboxylic acids is 1. The second-order valence-electron chi connectivity index (χ2n) is 3.35. The fourth-order valence-electron chi connectivity index (χ4n) is 1.25. The Morgan fingerprint density at radius 3 is 2.75 bits per heavy atom.